The predicted octanol–water partition coefficient (Wildman–Crippen LogP) is 4.63. The van der Waals surface area contributed by atoms with E-state index in [4.69, 9.17) is 10.00 Å². The Balaban J connectivity index is 2.29. The molecule has 136 valence electrons. The van der Waals surface area contributed by atoms with E-state index in [0.717, 1.165) is 11.8 Å². The van der Waals surface area contributed by atoms with Crippen LogP contribution in [0.25, 0.3) is 32.8 Å². The van der Waals surface area contributed by atoms with Gasteiger partial charge in [0.05, 0.1) is 35.0 Å². The number of pyridine rings is 1. The number of hydrogen-bond acceptors (Lipinski definition) is 3. The van der Waals surface area contributed by atoms with Crippen LogP contribution in [-0.2, 0) is 0 Å². The van der Waals surface area contributed by atoms with Gasteiger partial charge in [0, 0.05) is 23.0 Å². The van der Waals surface area contributed by atoms with E-state index in [1.54, 1.807) is 18.2 Å². The molecule has 2 aromatic heterocycles. The Hall–Kier alpha value is -3.33. The van der Waals surface area contributed by atoms with Gasteiger partial charge in [-0.2, -0.15) is 5.26 Å². The van der Waals surface area contributed by atoms with Crippen molar-refractivity contribution in [1.29, 1.82) is 5.26 Å². The Kier molecular flexibility index (Phi) is 3.88. The summed E-state index contributed by atoms with van der Waals surface area (Å²) >= 11 is 0. The van der Waals surface area contributed by atoms with E-state index in [-0.39, 0.29) is 17.2 Å². The SMILES string of the molecule is CCC(C)n1c2cc(F)c(OC)cc2c(=O)c2c3ccc(C#N)cc3[nH]c21. The summed E-state index contributed by atoms with van der Waals surface area (Å²) in [7, 11) is 1.38. The topological polar surface area (TPSA) is 70.8 Å². The first-order valence-electron chi connectivity index (χ1n) is 8.77. The number of aromatic amines is 1. The Morgan fingerprint density at radius 1 is 1.30 bits per heavy atom. The molecule has 0 radical (unpaired) electrons. The summed E-state index contributed by atoms with van der Waals surface area (Å²) in [6.07, 6.45) is 0.805. The van der Waals surface area contributed by atoms with Gasteiger partial charge in [-0.05, 0) is 31.5 Å². The minimum Gasteiger partial charge on any atom is -0.494 e. The molecule has 4 rings (SSSR count). The van der Waals surface area contributed by atoms with Crippen molar-refractivity contribution in [3.05, 3.63) is 51.9 Å². The maximum atomic E-state index is 14.4. The minimum atomic E-state index is -0.510. The highest BCUT2D eigenvalue weighted by Gasteiger charge is 2.20. The molecule has 1 N–H and O–H groups in total. The van der Waals surface area contributed by atoms with Crippen LogP contribution in [0, 0.1) is 17.1 Å². The van der Waals surface area contributed by atoms with Gasteiger partial charge in [-0.1, -0.05) is 13.0 Å². The number of ether oxygens (including phenoxy) is 1. The maximum Gasteiger partial charge on any atom is 0.199 e. The Bertz CT molecular complexity index is 1310. The number of methoxy groups -OCH3 is 1. The third-order valence-electron chi connectivity index (χ3n) is 5.18. The Labute approximate surface area is 154 Å². The first-order chi connectivity index (χ1) is 13.0. The molecule has 4 aromatic rings. The van der Waals surface area contributed by atoms with Gasteiger partial charge < -0.3 is 14.3 Å². The highest BCUT2D eigenvalue weighted by molar-refractivity contribution is 6.10. The fourth-order valence-corrected chi connectivity index (χ4v) is 3.64. The lowest BCUT2D eigenvalue weighted by molar-refractivity contribution is 0.387. The normalized spacial score (nSPS) is 12.6. The van der Waals surface area contributed by atoms with E-state index >= 15 is 0 Å². The number of nitriles is 1. The van der Waals surface area contributed by atoms with Gasteiger partial charge in [0.1, 0.15) is 5.65 Å². The number of aromatic nitrogens is 2. The Morgan fingerprint density at radius 2 is 2.07 bits per heavy atom. The first kappa shape index (κ1) is 17.1. The molecule has 1 unspecified atom stereocenters. The van der Waals surface area contributed by atoms with Crippen molar-refractivity contribution in [2.75, 3.05) is 7.11 Å². The molecular formula is C21H18FN3O2. The van der Waals surface area contributed by atoms with Gasteiger partial charge in [0.2, 0.25) is 0 Å². The average molecular weight is 363 g/mol. The highest BCUT2D eigenvalue weighted by Crippen LogP contribution is 2.32. The van der Waals surface area contributed by atoms with Crippen molar-refractivity contribution in [3.63, 3.8) is 0 Å². The average Bonchev–Trinajstić information content (AvgIpc) is 3.05. The van der Waals surface area contributed by atoms with Gasteiger partial charge in [-0.3, -0.25) is 4.79 Å². The van der Waals surface area contributed by atoms with Gasteiger partial charge in [-0.15, -0.1) is 0 Å². The lowest BCUT2D eigenvalue weighted by Gasteiger charge is -2.19. The van der Waals surface area contributed by atoms with Crippen LogP contribution in [0.15, 0.2) is 35.1 Å². The maximum absolute atomic E-state index is 14.4. The zero-order valence-corrected chi connectivity index (χ0v) is 15.3. The van der Waals surface area contributed by atoms with Crippen molar-refractivity contribution in [3.8, 4) is 11.8 Å². The zero-order chi connectivity index (χ0) is 19.3. The fourth-order valence-electron chi connectivity index (χ4n) is 3.64. The molecule has 5 nitrogen and oxygen atoms in total. The molecule has 0 aliphatic rings. The Morgan fingerprint density at radius 3 is 2.74 bits per heavy atom. The third-order valence-corrected chi connectivity index (χ3v) is 5.18. The lowest BCUT2D eigenvalue weighted by Crippen LogP contribution is -2.14. The molecule has 0 fully saturated rings. The molecule has 27 heavy (non-hydrogen) atoms. The van der Waals surface area contributed by atoms with Crippen LogP contribution in [0.3, 0.4) is 0 Å². The van der Waals surface area contributed by atoms with Crippen molar-refractivity contribution < 1.29 is 9.13 Å². The molecule has 0 aliphatic heterocycles. The van der Waals surface area contributed by atoms with Gasteiger partial charge in [-0.25, -0.2) is 4.39 Å². The monoisotopic (exact) mass is 363 g/mol. The molecule has 1 atom stereocenters. The zero-order valence-electron chi connectivity index (χ0n) is 15.3. The summed E-state index contributed by atoms with van der Waals surface area (Å²) in [6.45, 7) is 4.06. The van der Waals surface area contributed by atoms with E-state index in [2.05, 4.69) is 11.1 Å². The van der Waals surface area contributed by atoms with Gasteiger partial charge >= 0.3 is 0 Å². The van der Waals surface area contributed by atoms with E-state index in [9.17, 15) is 9.18 Å². The van der Waals surface area contributed by atoms with Crippen LogP contribution in [0.1, 0.15) is 31.9 Å². The van der Waals surface area contributed by atoms with Crippen LogP contribution in [0.5, 0.6) is 5.75 Å². The van der Waals surface area contributed by atoms with Crippen LogP contribution < -0.4 is 10.2 Å². The number of hydrogen-bond donors (Lipinski definition) is 1. The molecule has 0 bridgehead atoms. The smallest absolute Gasteiger partial charge is 0.199 e. The van der Waals surface area contributed by atoms with E-state index in [0.29, 0.717) is 33.0 Å². The molecule has 0 aliphatic carbocycles. The van der Waals surface area contributed by atoms with Gasteiger partial charge in [0.15, 0.2) is 17.0 Å². The summed E-state index contributed by atoms with van der Waals surface area (Å²) in [6, 6.07) is 10.2. The van der Waals surface area contributed by atoms with E-state index in [1.807, 2.05) is 18.4 Å². The quantitative estimate of drug-likeness (QED) is 0.577. The second-order valence-electron chi connectivity index (χ2n) is 6.68. The highest BCUT2D eigenvalue weighted by atomic mass is 19.1. The van der Waals surface area contributed by atoms with Gasteiger partial charge in [0.25, 0.3) is 0 Å². The summed E-state index contributed by atoms with van der Waals surface area (Å²) in [5, 5.41) is 10.9. The van der Waals surface area contributed by atoms with Crippen molar-refractivity contribution in [2.24, 2.45) is 0 Å². The van der Waals surface area contributed by atoms with Crippen LogP contribution in [0.4, 0.5) is 4.39 Å². The summed E-state index contributed by atoms with van der Waals surface area (Å²) in [4.78, 5) is 16.6. The molecule has 0 amide bonds. The molecule has 2 heterocycles. The van der Waals surface area contributed by atoms with Crippen molar-refractivity contribution >= 4 is 32.8 Å². The van der Waals surface area contributed by atoms with Crippen molar-refractivity contribution in [1.82, 2.24) is 9.55 Å². The van der Waals surface area contributed by atoms with Crippen LogP contribution in [0.2, 0.25) is 0 Å². The summed E-state index contributed by atoms with van der Waals surface area (Å²) in [5.41, 5.74) is 2.19. The summed E-state index contributed by atoms with van der Waals surface area (Å²) in [5.74, 6) is -0.468. The van der Waals surface area contributed by atoms with E-state index in [1.165, 1.54) is 19.2 Å². The summed E-state index contributed by atoms with van der Waals surface area (Å²) < 4.78 is 21.5. The van der Waals surface area contributed by atoms with Crippen LogP contribution >= 0.6 is 0 Å². The van der Waals surface area contributed by atoms with Crippen molar-refractivity contribution in [2.45, 2.75) is 26.3 Å². The number of benzene rings is 2. The minimum absolute atomic E-state index is 0.0342. The second kappa shape index (κ2) is 6.13. The van der Waals surface area contributed by atoms with Crippen LogP contribution in [-0.4, -0.2) is 16.7 Å². The molecular weight excluding hydrogens is 345 g/mol. The number of fused-ring (bicyclic) bond motifs is 4. The number of rotatable bonds is 3. The third kappa shape index (κ3) is 2.39. The molecule has 0 saturated carbocycles. The molecule has 2 aromatic carbocycles. The first-order valence-corrected chi connectivity index (χ1v) is 8.77. The number of nitrogens with zero attached hydrogens (tertiary/aromatic N) is 2. The predicted molar refractivity (Wildman–Crippen MR) is 104 cm³/mol. The van der Waals surface area contributed by atoms with E-state index < -0.39 is 5.82 Å². The molecule has 6 heteroatoms. The lowest BCUT2D eigenvalue weighted by atomic mass is 10.1. The number of halogens is 1. The second-order valence-corrected chi connectivity index (χ2v) is 6.68. The fraction of sp³-hybridized carbons (Fsp3) is 0.238. The number of nitrogens with one attached hydrogen (secondary N) is 1. The standard InChI is InChI=1S/C21H18FN3O2/c1-4-11(2)25-17-9-15(22)18(27-3)8-14(17)20(26)19-13-6-5-12(10-23)7-16(13)24-21(19)25/h5-9,11,24H,4H2,1-3H3. The molecule has 0 spiro atoms. The largest absolute Gasteiger partial charge is 0.494 e. The number of H-pyrrole nitrogens is 1. The molecule has 0 saturated heterocycles.